The lowest BCUT2D eigenvalue weighted by Gasteiger charge is -2.04. The molecule has 6 nitrogen and oxygen atoms in total. The molecule has 0 aliphatic heterocycles. The SMILES string of the molecule is CCOC(=O)c1ccc(-c2ccc(/C=C(/C#N)C(=O)Nc3cccc(F)c3)o2)cc1. The summed E-state index contributed by atoms with van der Waals surface area (Å²) in [5.74, 6) is -0.792. The summed E-state index contributed by atoms with van der Waals surface area (Å²) in [6, 6.07) is 17.1. The van der Waals surface area contributed by atoms with Crippen LogP contribution in [0.1, 0.15) is 23.0 Å². The standard InChI is InChI=1S/C23H17FN2O4/c1-2-29-23(28)16-8-6-15(7-9-16)21-11-10-20(30-21)12-17(14-25)22(27)26-19-5-3-4-18(24)13-19/h3-13H,2H2,1H3,(H,26,27)/b17-12-. The fraction of sp³-hybridized carbons (Fsp3) is 0.0870. The third-order valence-corrected chi connectivity index (χ3v) is 4.04. The predicted molar refractivity (Wildman–Crippen MR) is 109 cm³/mol. The third kappa shape index (κ3) is 5.00. The highest BCUT2D eigenvalue weighted by atomic mass is 19.1. The lowest BCUT2D eigenvalue weighted by atomic mass is 10.1. The van der Waals surface area contributed by atoms with Crippen molar-refractivity contribution in [3.05, 3.63) is 83.4 Å². The molecule has 3 aromatic rings. The summed E-state index contributed by atoms with van der Waals surface area (Å²) in [7, 11) is 0. The maximum absolute atomic E-state index is 13.2. The van der Waals surface area contributed by atoms with Crippen molar-refractivity contribution >= 4 is 23.6 Å². The van der Waals surface area contributed by atoms with Crippen molar-refractivity contribution in [3.63, 3.8) is 0 Å². The van der Waals surface area contributed by atoms with Crippen molar-refractivity contribution in [1.82, 2.24) is 0 Å². The average molecular weight is 404 g/mol. The van der Waals surface area contributed by atoms with Crippen molar-refractivity contribution in [1.29, 1.82) is 5.26 Å². The van der Waals surface area contributed by atoms with Crippen LogP contribution < -0.4 is 5.32 Å². The minimum atomic E-state index is -0.681. The van der Waals surface area contributed by atoms with Crippen LogP contribution in [-0.2, 0) is 9.53 Å². The first kappa shape index (κ1) is 20.6. The molecule has 0 radical (unpaired) electrons. The Labute approximate surface area is 172 Å². The first-order valence-corrected chi connectivity index (χ1v) is 9.06. The molecule has 1 N–H and O–H groups in total. The molecule has 1 aromatic heterocycles. The number of nitrogens with one attached hydrogen (secondary N) is 1. The van der Waals surface area contributed by atoms with Gasteiger partial charge < -0.3 is 14.5 Å². The molecule has 1 heterocycles. The van der Waals surface area contributed by atoms with Gasteiger partial charge >= 0.3 is 5.97 Å². The van der Waals surface area contributed by atoms with E-state index in [-0.39, 0.29) is 11.3 Å². The second-order valence-corrected chi connectivity index (χ2v) is 6.13. The first-order valence-electron chi connectivity index (χ1n) is 9.06. The molecule has 30 heavy (non-hydrogen) atoms. The molecule has 0 aliphatic carbocycles. The number of benzene rings is 2. The van der Waals surface area contributed by atoms with E-state index in [4.69, 9.17) is 9.15 Å². The van der Waals surface area contributed by atoms with Crippen molar-refractivity contribution in [2.24, 2.45) is 0 Å². The second kappa shape index (κ2) is 9.34. The van der Waals surface area contributed by atoms with E-state index in [1.165, 1.54) is 24.3 Å². The van der Waals surface area contributed by atoms with Crippen LogP contribution in [0.4, 0.5) is 10.1 Å². The van der Waals surface area contributed by atoms with Crippen LogP contribution in [0.15, 0.2) is 70.7 Å². The van der Waals surface area contributed by atoms with Gasteiger partial charge in [-0.15, -0.1) is 0 Å². The highest BCUT2D eigenvalue weighted by Crippen LogP contribution is 2.24. The van der Waals surface area contributed by atoms with Gasteiger partial charge in [-0.2, -0.15) is 5.26 Å². The molecule has 0 aliphatic rings. The third-order valence-electron chi connectivity index (χ3n) is 4.04. The Morgan fingerprint density at radius 2 is 1.93 bits per heavy atom. The molecule has 0 spiro atoms. The van der Waals surface area contributed by atoms with Gasteiger partial charge in [-0.3, -0.25) is 4.79 Å². The average Bonchev–Trinajstić information content (AvgIpc) is 3.21. The lowest BCUT2D eigenvalue weighted by molar-refractivity contribution is -0.112. The minimum absolute atomic E-state index is 0.196. The molecule has 1 amide bonds. The van der Waals surface area contributed by atoms with Gasteiger partial charge in [-0.05, 0) is 49.4 Å². The number of carbonyl (C=O) groups is 2. The summed E-state index contributed by atoms with van der Waals surface area (Å²) in [6.45, 7) is 2.03. The molecule has 0 fully saturated rings. The monoisotopic (exact) mass is 404 g/mol. The van der Waals surface area contributed by atoms with Crippen LogP contribution in [0.5, 0.6) is 0 Å². The largest absolute Gasteiger partial charge is 0.462 e. The number of hydrogen-bond acceptors (Lipinski definition) is 5. The predicted octanol–water partition coefficient (Wildman–Crippen LogP) is 4.81. The Morgan fingerprint density at radius 3 is 2.60 bits per heavy atom. The van der Waals surface area contributed by atoms with Gasteiger partial charge in [0.1, 0.15) is 29.0 Å². The first-order chi connectivity index (χ1) is 14.5. The van der Waals surface area contributed by atoms with Crippen LogP contribution in [0.2, 0.25) is 0 Å². The normalized spacial score (nSPS) is 10.9. The van der Waals surface area contributed by atoms with E-state index in [0.717, 1.165) is 6.07 Å². The van der Waals surface area contributed by atoms with Crippen LogP contribution in [0.25, 0.3) is 17.4 Å². The number of rotatable bonds is 6. The number of anilines is 1. The summed E-state index contributed by atoms with van der Waals surface area (Å²) >= 11 is 0. The van der Waals surface area contributed by atoms with E-state index in [1.54, 1.807) is 43.3 Å². The van der Waals surface area contributed by atoms with E-state index in [1.807, 2.05) is 6.07 Å². The molecular formula is C23H17FN2O4. The van der Waals surface area contributed by atoms with Crippen LogP contribution in [0.3, 0.4) is 0 Å². The van der Waals surface area contributed by atoms with Gasteiger partial charge in [-0.25, -0.2) is 9.18 Å². The Kier molecular flexibility index (Phi) is 6.40. The van der Waals surface area contributed by atoms with Gasteiger partial charge in [-0.1, -0.05) is 18.2 Å². The molecule has 0 unspecified atom stereocenters. The van der Waals surface area contributed by atoms with Gasteiger partial charge in [0, 0.05) is 17.3 Å². The van der Waals surface area contributed by atoms with Gasteiger partial charge in [0.15, 0.2) is 0 Å². The summed E-state index contributed by atoms with van der Waals surface area (Å²) in [5, 5.41) is 11.8. The molecule has 7 heteroatoms. The lowest BCUT2D eigenvalue weighted by Crippen LogP contribution is -2.13. The highest BCUT2D eigenvalue weighted by molar-refractivity contribution is 6.09. The van der Waals surface area contributed by atoms with E-state index in [2.05, 4.69) is 5.32 Å². The van der Waals surface area contributed by atoms with E-state index in [0.29, 0.717) is 29.3 Å². The summed E-state index contributed by atoms with van der Waals surface area (Å²) in [5.41, 5.74) is 1.18. The number of ether oxygens (including phenoxy) is 1. The van der Waals surface area contributed by atoms with Crippen LogP contribution >= 0.6 is 0 Å². The summed E-state index contributed by atoms with van der Waals surface area (Å²) in [6.07, 6.45) is 1.30. The molecular weight excluding hydrogens is 387 g/mol. The Morgan fingerprint density at radius 1 is 1.17 bits per heavy atom. The molecule has 0 saturated carbocycles. The minimum Gasteiger partial charge on any atom is -0.462 e. The number of esters is 1. The van der Waals surface area contributed by atoms with Gasteiger partial charge in [0.2, 0.25) is 0 Å². The number of carbonyl (C=O) groups excluding carboxylic acids is 2. The maximum Gasteiger partial charge on any atom is 0.338 e. The van der Waals surface area contributed by atoms with E-state index < -0.39 is 17.7 Å². The number of hydrogen-bond donors (Lipinski definition) is 1. The zero-order chi connectivity index (χ0) is 21.5. The molecule has 3 rings (SSSR count). The molecule has 0 atom stereocenters. The quantitative estimate of drug-likeness (QED) is 0.362. The fourth-order valence-electron chi connectivity index (χ4n) is 2.63. The second-order valence-electron chi connectivity index (χ2n) is 6.13. The topological polar surface area (TPSA) is 92.3 Å². The van der Waals surface area contributed by atoms with Crippen molar-refractivity contribution in [2.75, 3.05) is 11.9 Å². The van der Waals surface area contributed by atoms with Crippen LogP contribution in [-0.4, -0.2) is 18.5 Å². The number of furan rings is 1. The zero-order valence-corrected chi connectivity index (χ0v) is 16.0. The molecule has 150 valence electrons. The van der Waals surface area contributed by atoms with E-state index >= 15 is 0 Å². The summed E-state index contributed by atoms with van der Waals surface area (Å²) < 4.78 is 23.9. The fourth-order valence-corrected chi connectivity index (χ4v) is 2.63. The zero-order valence-electron chi connectivity index (χ0n) is 16.0. The van der Waals surface area contributed by atoms with Crippen molar-refractivity contribution < 1.29 is 23.1 Å². The van der Waals surface area contributed by atoms with E-state index in [9.17, 15) is 19.2 Å². The molecule has 0 saturated heterocycles. The van der Waals surface area contributed by atoms with Crippen molar-refractivity contribution in [3.8, 4) is 17.4 Å². The Hall–Kier alpha value is -4.18. The number of nitriles is 1. The highest BCUT2D eigenvalue weighted by Gasteiger charge is 2.12. The Bertz CT molecular complexity index is 1140. The number of halogens is 1. The molecule has 2 aromatic carbocycles. The molecule has 0 bridgehead atoms. The van der Waals surface area contributed by atoms with Gasteiger partial charge in [0.05, 0.1) is 12.2 Å². The summed E-state index contributed by atoms with van der Waals surface area (Å²) in [4.78, 5) is 24.0. The van der Waals surface area contributed by atoms with Gasteiger partial charge in [0.25, 0.3) is 5.91 Å². The Balaban J connectivity index is 1.75. The van der Waals surface area contributed by atoms with Crippen molar-refractivity contribution in [2.45, 2.75) is 6.92 Å². The van der Waals surface area contributed by atoms with Crippen LogP contribution in [0, 0.1) is 17.1 Å². The number of nitrogens with zero attached hydrogens (tertiary/aromatic N) is 1. The number of amides is 1. The smallest absolute Gasteiger partial charge is 0.338 e. The maximum atomic E-state index is 13.2.